The van der Waals surface area contributed by atoms with Crippen LogP contribution in [0.5, 0.6) is 0 Å². The van der Waals surface area contributed by atoms with Crippen LogP contribution in [0.1, 0.15) is 11.3 Å². The molecule has 1 aromatic heterocycles. The van der Waals surface area contributed by atoms with Gasteiger partial charge in [-0.3, -0.25) is 9.59 Å². The molecule has 0 unspecified atom stereocenters. The van der Waals surface area contributed by atoms with Crippen LogP contribution in [0.15, 0.2) is 69.2 Å². The van der Waals surface area contributed by atoms with Crippen LogP contribution in [0.25, 0.3) is 0 Å². The molecule has 0 atom stereocenters. The van der Waals surface area contributed by atoms with Gasteiger partial charge in [0.05, 0.1) is 4.90 Å². The van der Waals surface area contributed by atoms with Crippen LogP contribution < -0.4 is 10.9 Å². The first kappa shape index (κ1) is 21.7. The quantitative estimate of drug-likeness (QED) is 0.644. The maximum Gasteiger partial charge on any atom is 0.270 e. The average Bonchev–Trinajstić information content (AvgIpc) is 2.67. The zero-order valence-electron chi connectivity index (χ0n) is 16.1. The second-order valence-electron chi connectivity index (χ2n) is 6.70. The van der Waals surface area contributed by atoms with Crippen molar-refractivity contribution in [2.45, 2.75) is 30.2 Å². The van der Waals surface area contributed by atoms with E-state index in [2.05, 4.69) is 5.32 Å². The van der Waals surface area contributed by atoms with Gasteiger partial charge >= 0.3 is 0 Å². The van der Waals surface area contributed by atoms with E-state index in [1.54, 1.807) is 6.92 Å². The Labute approximate surface area is 177 Å². The van der Waals surface area contributed by atoms with Gasteiger partial charge in [0.25, 0.3) is 5.56 Å². The predicted octanol–water partition coefficient (Wildman–Crippen LogP) is 3.73. The fourth-order valence-corrected chi connectivity index (χ4v) is 4.72. The van der Waals surface area contributed by atoms with E-state index in [1.807, 2.05) is 0 Å². The number of halogens is 2. The molecule has 2 aromatic carbocycles. The van der Waals surface area contributed by atoms with Crippen molar-refractivity contribution in [2.75, 3.05) is 5.32 Å². The summed E-state index contributed by atoms with van der Waals surface area (Å²) in [5, 5.41) is 2.92. The number of aromatic nitrogens is 1. The molecule has 0 aliphatic carbocycles. The van der Waals surface area contributed by atoms with Crippen molar-refractivity contribution in [3.05, 3.63) is 87.0 Å². The summed E-state index contributed by atoms with van der Waals surface area (Å²) in [5.41, 5.74) is 0.273. The molecule has 0 bridgehead atoms. The standard InChI is InChI=1S/C21H18ClFN2O4S/c1-13-11-14(2)25(12-19(26)24-17-7-5-16(23)6-8-17)21(27)20(13)30(28,29)18-9-3-15(22)4-10-18/h3-11H,12H2,1-2H3,(H,24,26). The summed E-state index contributed by atoms with van der Waals surface area (Å²) >= 11 is 5.82. The molecule has 0 aliphatic heterocycles. The summed E-state index contributed by atoms with van der Waals surface area (Å²) < 4.78 is 40.2. The van der Waals surface area contributed by atoms with Crippen molar-refractivity contribution in [1.82, 2.24) is 4.57 Å². The number of carbonyl (C=O) groups excluding carboxylic acids is 1. The topological polar surface area (TPSA) is 85.2 Å². The number of hydrogen-bond acceptors (Lipinski definition) is 4. The largest absolute Gasteiger partial charge is 0.325 e. The van der Waals surface area contributed by atoms with E-state index < -0.39 is 38.6 Å². The minimum atomic E-state index is -4.12. The summed E-state index contributed by atoms with van der Waals surface area (Å²) in [4.78, 5) is 25.0. The van der Waals surface area contributed by atoms with Gasteiger partial charge < -0.3 is 9.88 Å². The number of sulfone groups is 1. The van der Waals surface area contributed by atoms with E-state index in [0.717, 1.165) is 4.57 Å². The van der Waals surface area contributed by atoms with E-state index in [1.165, 1.54) is 61.5 Å². The second kappa shape index (κ2) is 8.41. The first-order valence-electron chi connectivity index (χ1n) is 8.86. The lowest BCUT2D eigenvalue weighted by molar-refractivity contribution is -0.116. The zero-order chi connectivity index (χ0) is 22.1. The molecule has 1 heterocycles. The van der Waals surface area contributed by atoms with Crippen LogP contribution in [0.2, 0.25) is 5.02 Å². The average molecular weight is 449 g/mol. The number of nitrogens with one attached hydrogen (secondary N) is 1. The van der Waals surface area contributed by atoms with Gasteiger partial charge in [0.15, 0.2) is 0 Å². The number of hydrogen-bond donors (Lipinski definition) is 1. The lowest BCUT2D eigenvalue weighted by Crippen LogP contribution is -2.33. The van der Waals surface area contributed by atoms with Crippen LogP contribution in [0, 0.1) is 19.7 Å². The Morgan fingerprint density at radius 1 is 1.07 bits per heavy atom. The van der Waals surface area contributed by atoms with E-state index in [4.69, 9.17) is 11.6 Å². The lowest BCUT2D eigenvalue weighted by atomic mass is 10.2. The van der Waals surface area contributed by atoms with Crippen LogP contribution in [-0.2, 0) is 21.2 Å². The molecule has 0 saturated heterocycles. The number of amides is 1. The van der Waals surface area contributed by atoms with Gasteiger partial charge in [-0.25, -0.2) is 12.8 Å². The van der Waals surface area contributed by atoms with Gasteiger partial charge in [-0.1, -0.05) is 11.6 Å². The SMILES string of the molecule is Cc1cc(C)n(CC(=O)Nc2ccc(F)cc2)c(=O)c1S(=O)(=O)c1ccc(Cl)cc1. The number of anilines is 1. The van der Waals surface area contributed by atoms with Crippen molar-refractivity contribution >= 4 is 33.0 Å². The Balaban J connectivity index is 1.99. The Morgan fingerprint density at radius 3 is 2.27 bits per heavy atom. The Hall–Kier alpha value is -2.97. The third-order valence-corrected chi connectivity index (χ3v) is 6.65. The molecule has 1 N–H and O–H groups in total. The monoisotopic (exact) mass is 448 g/mol. The first-order valence-corrected chi connectivity index (χ1v) is 10.7. The Kier molecular flexibility index (Phi) is 6.09. The van der Waals surface area contributed by atoms with Gasteiger partial charge in [-0.2, -0.15) is 0 Å². The highest BCUT2D eigenvalue weighted by molar-refractivity contribution is 7.91. The lowest BCUT2D eigenvalue weighted by Gasteiger charge is -2.15. The van der Waals surface area contributed by atoms with Crippen LogP contribution >= 0.6 is 11.6 Å². The van der Waals surface area contributed by atoms with E-state index in [0.29, 0.717) is 16.4 Å². The molecule has 0 aliphatic rings. The normalized spacial score (nSPS) is 11.3. The number of pyridine rings is 1. The molecule has 1 amide bonds. The number of aryl methyl sites for hydroxylation is 2. The van der Waals surface area contributed by atoms with Gasteiger partial charge in [-0.05, 0) is 74.0 Å². The summed E-state index contributed by atoms with van der Waals surface area (Å²) in [6.45, 7) is 2.74. The highest BCUT2D eigenvalue weighted by Crippen LogP contribution is 2.23. The number of benzene rings is 2. The summed E-state index contributed by atoms with van der Waals surface area (Å²) in [7, 11) is -4.12. The van der Waals surface area contributed by atoms with Crippen LogP contribution in [0.4, 0.5) is 10.1 Å². The molecule has 30 heavy (non-hydrogen) atoms. The molecule has 156 valence electrons. The van der Waals surface area contributed by atoms with Crippen molar-refractivity contribution < 1.29 is 17.6 Å². The number of carbonyl (C=O) groups is 1. The van der Waals surface area contributed by atoms with Crippen LogP contribution in [-0.4, -0.2) is 18.9 Å². The molecule has 6 nitrogen and oxygen atoms in total. The maximum atomic E-state index is 13.1. The second-order valence-corrected chi connectivity index (χ2v) is 9.02. The van der Waals surface area contributed by atoms with E-state index in [-0.39, 0.29) is 10.5 Å². The highest BCUT2D eigenvalue weighted by Gasteiger charge is 2.26. The predicted molar refractivity (Wildman–Crippen MR) is 112 cm³/mol. The fraction of sp³-hybridized carbons (Fsp3) is 0.143. The minimum absolute atomic E-state index is 0.0710. The zero-order valence-corrected chi connectivity index (χ0v) is 17.7. The number of rotatable bonds is 5. The molecular weight excluding hydrogens is 431 g/mol. The Morgan fingerprint density at radius 2 is 1.67 bits per heavy atom. The van der Waals surface area contributed by atoms with Crippen molar-refractivity contribution in [3.8, 4) is 0 Å². The molecule has 3 aromatic rings. The van der Waals surface area contributed by atoms with Gasteiger partial charge in [0.2, 0.25) is 15.7 Å². The molecule has 3 rings (SSSR count). The molecule has 0 radical (unpaired) electrons. The van der Waals surface area contributed by atoms with Crippen LogP contribution in [0.3, 0.4) is 0 Å². The highest BCUT2D eigenvalue weighted by atomic mass is 35.5. The fourth-order valence-electron chi connectivity index (χ4n) is 3.04. The summed E-state index contributed by atoms with van der Waals surface area (Å²) in [6.07, 6.45) is 0. The van der Waals surface area contributed by atoms with Crippen molar-refractivity contribution in [2.24, 2.45) is 0 Å². The summed E-state index contributed by atoms with van der Waals surface area (Å²) in [5.74, 6) is -0.999. The van der Waals surface area contributed by atoms with Crippen molar-refractivity contribution in [3.63, 3.8) is 0 Å². The minimum Gasteiger partial charge on any atom is -0.325 e. The van der Waals surface area contributed by atoms with E-state index >= 15 is 0 Å². The third-order valence-electron chi connectivity index (χ3n) is 4.47. The van der Waals surface area contributed by atoms with Gasteiger partial charge in [0.1, 0.15) is 17.3 Å². The molecular formula is C21H18ClFN2O4S. The molecule has 9 heteroatoms. The van der Waals surface area contributed by atoms with E-state index in [9.17, 15) is 22.4 Å². The van der Waals surface area contributed by atoms with Crippen molar-refractivity contribution in [1.29, 1.82) is 0 Å². The first-order chi connectivity index (χ1) is 14.1. The van der Waals surface area contributed by atoms with Gasteiger partial charge in [-0.15, -0.1) is 0 Å². The van der Waals surface area contributed by atoms with Gasteiger partial charge in [0, 0.05) is 16.4 Å². The smallest absolute Gasteiger partial charge is 0.270 e. The molecule has 0 fully saturated rings. The number of nitrogens with zero attached hydrogens (tertiary/aromatic N) is 1. The molecule has 0 saturated carbocycles. The maximum absolute atomic E-state index is 13.1. The summed E-state index contributed by atoms with van der Waals surface area (Å²) in [6, 6.07) is 12.2. The third kappa shape index (κ3) is 4.44. The molecule has 0 spiro atoms. The Bertz CT molecular complexity index is 1270.